The van der Waals surface area contributed by atoms with Crippen molar-refractivity contribution in [2.75, 3.05) is 64.8 Å². The van der Waals surface area contributed by atoms with Gasteiger partial charge in [0.1, 0.15) is 19.0 Å². The lowest BCUT2D eigenvalue weighted by Crippen LogP contribution is -2.13. The molecule has 1 N–H and O–H groups in total. The topological polar surface area (TPSA) is 75.2 Å². The molecule has 0 saturated carbocycles. The summed E-state index contributed by atoms with van der Waals surface area (Å²) in [4.78, 5) is 10.9. The van der Waals surface area contributed by atoms with Gasteiger partial charge in [-0.1, -0.05) is 5.92 Å². The molecule has 0 aliphatic rings. The highest BCUT2D eigenvalue weighted by Crippen LogP contribution is 2.15. The highest BCUT2D eigenvalue weighted by molar-refractivity contribution is 5.88. The molecule has 0 aliphatic heterocycles. The molecule has 0 radical (unpaired) electrons. The Morgan fingerprint density at radius 3 is 1.88 bits per heavy atom. The average Bonchev–Trinajstić information content (AvgIpc) is 2.63. The van der Waals surface area contributed by atoms with E-state index in [0.29, 0.717) is 59.5 Å². The number of terminal acetylenes is 1. The van der Waals surface area contributed by atoms with E-state index in [2.05, 4.69) is 11.2 Å². The van der Waals surface area contributed by atoms with Crippen molar-refractivity contribution in [2.45, 2.75) is 6.92 Å². The summed E-state index contributed by atoms with van der Waals surface area (Å²) in [5.41, 5.74) is 0.738. The van der Waals surface area contributed by atoms with E-state index >= 15 is 0 Å². The summed E-state index contributed by atoms with van der Waals surface area (Å²) in [6, 6.07) is 7.17. The van der Waals surface area contributed by atoms with Crippen LogP contribution in [0.5, 0.6) is 5.75 Å². The Hall–Kier alpha value is -2.11. The van der Waals surface area contributed by atoms with Crippen molar-refractivity contribution in [1.82, 2.24) is 0 Å². The smallest absolute Gasteiger partial charge is 0.221 e. The van der Waals surface area contributed by atoms with E-state index in [-0.39, 0.29) is 5.91 Å². The quantitative estimate of drug-likeness (QED) is 0.377. The van der Waals surface area contributed by atoms with Gasteiger partial charge < -0.3 is 29.0 Å². The minimum absolute atomic E-state index is 0.102. The summed E-state index contributed by atoms with van der Waals surface area (Å²) in [7, 11) is 0. The van der Waals surface area contributed by atoms with Crippen LogP contribution in [0.25, 0.3) is 0 Å². The summed E-state index contributed by atoms with van der Waals surface area (Å²) in [6.45, 7) is 5.71. The molecule has 144 valence electrons. The maximum absolute atomic E-state index is 10.9. The lowest BCUT2D eigenvalue weighted by molar-refractivity contribution is -0.114. The number of anilines is 1. The van der Waals surface area contributed by atoms with Crippen LogP contribution in [0.3, 0.4) is 0 Å². The lowest BCUT2D eigenvalue weighted by atomic mass is 10.3. The SMILES string of the molecule is C#CCOCCOCCOCCOCCOc1ccc(NC(C)=O)cc1. The van der Waals surface area contributed by atoms with Crippen LogP contribution < -0.4 is 10.1 Å². The number of amides is 1. The summed E-state index contributed by atoms with van der Waals surface area (Å²) in [6.07, 6.45) is 5.05. The standard InChI is InChI=1S/C19H27NO6/c1-3-8-22-9-10-23-11-12-24-13-14-25-15-16-26-19-6-4-18(5-7-19)20-17(2)21/h1,4-7H,8-16H2,2H3,(H,20,21). The predicted molar refractivity (Wildman–Crippen MR) is 98.3 cm³/mol. The molecule has 0 aliphatic carbocycles. The molecule has 7 heteroatoms. The molecule has 0 atom stereocenters. The highest BCUT2D eigenvalue weighted by atomic mass is 16.6. The Morgan fingerprint density at radius 2 is 1.38 bits per heavy atom. The molecule has 1 rings (SSSR count). The predicted octanol–water partition coefficient (Wildman–Crippen LogP) is 1.72. The van der Waals surface area contributed by atoms with Gasteiger partial charge in [0.2, 0.25) is 5.91 Å². The van der Waals surface area contributed by atoms with Gasteiger partial charge in [0.15, 0.2) is 0 Å². The number of hydrogen-bond donors (Lipinski definition) is 1. The third-order valence-electron chi connectivity index (χ3n) is 2.97. The molecular weight excluding hydrogens is 338 g/mol. The Balaban J connectivity index is 1.87. The molecule has 0 fully saturated rings. The van der Waals surface area contributed by atoms with Gasteiger partial charge in [-0.2, -0.15) is 0 Å². The molecule has 0 aromatic heterocycles. The van der Waals surface area contributed by atoms with E-state index in [9.17, 15) is 4.79 Å². The zero-order chi connectivity index (χ0) is 18.9. The summed E-state index contributed by atoms with van der Waals surface area (Å²) in [5.74, 6) is 3.01. The van der Waals surface area contributed by atoms with Crippen molar-refractivity contribution in [2.24, 2.45) is 0 Å². The largest absolute Gasteiger partial charge is 0.491 e. The number of ether oxygens (including phenoxy) is 5. The van der Waals surface area contributed by atoms with Crippen LogP contribution in [0, 0.1) is 12.3 Å². The van der Waals surface area contributed by atoms with Crippen molar-refractivity contribution >= 4 is 11.6 Å². The highest BCUT2D eigenvalue weighted by Gasteiger charge is 1.98. The fourth-order valence-electron chi connectivity index (χ4n) is 1.85. The van der Waals surface area contributed by atoms with E-state index in [1.807, 2.05) is 0 Å². The lowest BCUT2D eigenvalue weighted by Gasteiger charge is -2.09. The Bertz CT molecular complexity index is 526. The molecule has 0 heterocycles. The number of benzene rings is 1. The first kappa shape index (κ1) is 21.9. The van der Waals surface area contributed by atoms with Crippen LogP contribution in [0.2, 0.25) is 0 Å². The molecule has 0 bridgehead atoms. The van der Waals surface area contributed by atoms with Crippen LogP contribution >= 0.6 is 0 Å². The molecule has 1 aromatic carbocycles. The second-order valence-electron chi connectivity index (χ2n) is 5.15. The number of carbonyl (C=O) groups excluding carboxylic acids is 1. The van der Waals surface area contributed by atoms with Gasteiger partial charge in [0.25, 0.3) is 0 Å². The van der Waals surface area contributed by atoms with Crippen molar-refractivity contribution in [3.8, 4) is 18.1 Å². The van der Waals surface area contributed by atoms with E-state index in [0.717, 1.165) is 11.4 Å². The number of hydrogen-bond acceptors (Lipinski definition) is 6. The summed E-state index contributed by atoms with van der Waals surface area (Å²) < 4.78 is 26.7. The van der Waals surface area contributed by atoms with E-state index in [1.54, 1.807) is 24.3 Å². The monoisotopic (exact) mass is 365 g/mol. The van der Waals surface area contributed by atoms with Gasteiger partial charge in [-0.05, 0) is 24.3 Å². The maximum atomic E-state index is 10.9. The van der Waals surface area contributed by atoms with Crippen molar-refractivity contribution in [3.63, 3.8) is 0 Å². The van der Waals surface area contributed by atoms with Gasteiger partial charge in [0, 0.05) is 12.6 Å². The maximum Gasteiger partial charge on any atom is 0.221 e. The zero-order valence-corrected chi connectivity index (χ0v) is 15.2. The summed E-state index contributed by atoms with van der Waals surface area (Å²) >= 11 is 0. The van der Waals surface area contributed by atoms with Gasteiger partial charge >= 0.3 is 0 Å². The van der Waals surface area contributed by atoms with Crippen molar-refractivity contribution in [3.05, 3.63) is 24.3 Å². The first-order valence-electron chi connectivity index (χ1n) is 8.47. The van der Waals surface area contributed by atoms with Crippen LogP contribution in [0.4, 0.5) is 5.69 Å². The van der Waals surface area contributed by atoms with Gasteiger partial charge in [-0.25, -0.2) is 0 Å². The van der Waals surface area contributed by atoms with Crippen LogP contribution in [0.15, 0.2) is 24.3 Å². The summed E-state index contributed by atoms with van der Waals surface area (Å²) in [5, 5.41) is 2.70. The second-order valence-corrected chi connectivity index (χ2v) is 5.15. The molecule has 7 nitrogen and oxygen atoms in total. The van der Waals surface area contributed by atoms with Gasteiger partial charge in [0.05, 0.1) is 46.2 Å². The molecule has 0 saturated heterocycles. The third-order valence-corrected chi connectivity index (χ3v) is 2.97. The minimum atomic E-state index is -0.102. The second kappa shape index (κ2) is 15.2. The van der Waals surface area contributed by atoms with Crippen LogP contribution in [-0.4, -0.2) is 65.4 Å². The number of nitrogens with one attached hydrogen (secondary N) is 1. The van der Waals surface area contributed by atoms with Gasteiger partial charge in [-0.15, -0.1) is 6.42 Å². The molecule has 0 unspecified atom stereocenters. The minimum Gasteiger partial charge on any atom is -0.491 e. The Kier molecular flexibility index (Phi) is 12.8. The molecule has 26 heavy (non-hydrogen) atoms. The Morgan fingerprint density at radius 1 is 0.885 bits per heavy atom. The molecule has 1 amide bonds. The average molecular weight is 365 g/mol. The van der Waals surface area contributed by atoms with E-state index in [1.165, 1.54) is 6.92 Å². The zero-order valence-electron chi connectivity index (χ0n) is 15.2. The van der Waals surface area contributed by atoms with Crippen molar-refractivity contribution in [1.29, 1.82) is 0 Å². The number of rotatable bonds is 15. The first-order valence-corrected chi connectivity index (χ1v) is 8.47. The fraction of sp³-hybridized carbons (Fsp3) is 0.526. The van der Waals surface area contributed by atoms with Crippen molar-refractivity contribution < 1.29 is 28.5 Å². The van der Waals surface area contributed by atoms with E-state index in [4.69, 9.17) is 30.1 Å². The third kappa shape index (κ3) is 12.3. The Labute approximate surface area is 154 Å². The molecule has 0 spiro atoms. The fourth-order valence-corrected chi connectivity index (χ4v) is 1.85. The van der Waals surface area contributed by atoms with Crippen LogP contribution in [0.1, 0.15) is 6.92 Å². The van der Waals surface area contributed by atoms with Crippen LogP contribution in [-0.2, 0) is 23.7 Å². The first-order chi connectivity index (χ1) is 12.7. The molecule has 1 aromatic rings. The number of carbonyl (C=O) groups is 1. The van der Waals surface area contributed by atoms with Gasteiger partial charge in [-0.3, -0.25) is 4.79 Å². The normalized spacial score (nSPS) is 10.3. The molecular formula is C19H27NO6. The van der Waals surface area contributed by atoms with E-state index < -0.39 is 0 Å².